The Balaban J connectivity index is 2.04. The molecule has 2 atom stereocenters. The number of halogens is 1. The van der Waals surface area contributed by atoms with Crippen molar-refractivity contribution in [2.24, 2.45) is 0 Å². The molecule has 1 aromatic carbocycles. The number of hydrogen-bond acceptors (Lipinski definition) is 4. The van der Waals surface area contributed by atoms with Crippen LogP contribution in [0.5, 0.6) is 0 Å². The average Bonchev–Trinajstić information content (AvgIpc) is 2.88. The summed E-state index contributed by atoms with van der Waals surface area (Å²) in [6, 6.07) is 7.03. The van der Waals surface area contributed by atoms with E-state index in [1.807, 2.05) is 32.0 Å². The lowest BCUT2D eigenvalue weighted by molar-refractivity contribution is -0.138. The molecule has 1 fully saturated rings. The third-order valence-corrected chi connectivity index (χ3v) is 3.96. The Morgan fingerprint density at radius 1 is 1.45 bits per heavy atom. The van der Waals surface area contributed by atoms with E-state index in [0.29, 0.717) is 23.2 Å². The van der Waals surface area contributed by atoms with E-state index in [9.17, 15) is 4.79 Å². The number of amides is 1. The van der Waals surface area contributed by atoms with Crippen LogP contribution in [0.3, 0.4) is 0 Å². The van der Waals surface area contributed by atoms with E-state index in [-0.39, 0.29) is 18.6 Å². The number of nitrogens with zero attached hydrogens (tertiary/aromatic N) is 3. The summed E-state index contributed by atoms with van der Waals surface area (Å²) in [4.78, 5) is 16.2. The summed E-state index contributed by atoms with van der Waals surface area (Å²) in [5.74, 6) is 1.21. The van der Waals surface area contributed by atoms with Crippen LogP contribution in [0.4, 0.5) is 0 Å². The number of rotatable bonds is 3. The molecule has 2 aromatic rings. The monoisotopic (exact) mass is 320 g/mol. The first-order chi connectivity index (χ1) is 10.6. The fourth-order valence-electron chi connectivity index (χ4n) is 2.66. The van der Waals surface area contributed by atoms with Crippen LogP contribution >= 0.6 is 11.6 Å². The van der Waals surface area contributed by atoms with Crippen molar-refractivity contribution in [3.8, 4) is 0 Å². The Hall–Kier alpha value is -1.92. The van der Waals surface area contributed by atoms with Crippen LogP contribution in [0.1, 0.15) is 36.3 Å². The van der Waals surface area contributed by atoms with Gasteiger partial charge in [0.05, 0.1) is 6.04 Å². The Labute approximate surface area is 133 Å². The first-order valence-electron chi connectivity index (χ1n) is 7.17. The third kappa shape index (κ3) is 2.71. The lowest BCUT2D eigenvalue weighted by Crippen LogP contribution is -2.42. The minimum Gasteiger partial charge on any atom is -0.358 e. The minimum atomic E-state index is -0.418. The van der Waals surface area contributed by atoms with Crippen LogP contribution in [-0.2, 0) is 16.1 Å². The summed E-state index contributed by atoms with van der Waals surface area (Å²) < 4.78 is 7.55. The zero-order chi connectivity index (χ0) is 15.7. The molecule has 22 heavy (non-hydrogen) atoms. The lowest BCUT2D eigenvalue weighted by Gasteiger charge is -2.32. The second-order valence-corrected chi connectivity index (χ2v) is 5.54. The summed E-state index contributed by atoms with van der Waals surface area (Å²) in [5.41, 5.74) is 0.811. The van der Waals surface area contributed by atoms with E-state index >= 15 is 0 Å². The molecule has 0 saturated carbocycles. The van der Waals surface area contributed by atoms with E-state index in [1.54, 1.807) is 10.7 Å². The maximum absolute atomic E-state index is 11.8. The Kier molecular flexibility index (Phi) is 4.13. The molecule has 0 aliphatic carbocycles. The second-order valence-electron chi connectivity index (χ2n) is 5.13. The maximum Gasteiger partial charge on any atom is 0.246 e. The van der Waals surface area contributed by atoms with Crippen LogP contribution < -0.4 is 5.32 Å². The average molecular weight is 321 g/mol. The fraction of sp³-hybridized carbons (Fsp3) is 0.400. The molecule has 0 bridgehead atoms. The predicted molar refractivity (Wildman–Crippen MR) is 81.5 cm³/mol. The summed E-state index contributed by atoms with van der Waals surface area (Å²) in [6.07, 6.45) is -0.418. The standard InChI is InChI=1S/C15H17ClN4O2/c1-3-20-15(17-9(2)19-20)14-13(18-12(21)8-22-14)10-6-4-5-7-11(10)16/h4-7,13-14H,3,8H2,1-2H3,(H,18,21)/t13-,14+/m1/s1. The van der Waals surface area contributed by atoms with Gasteiger partial charge >= 0.3 is 0 Å². The van der Waals surface area contributed by atoms with Crippen molar-refractivity contribution in [2.45, 2.75) is 32.5 Å². The number of aryl methyl sites for hydroxylation is 2. The smallest absolute Gasteiger partial charge is 0.246 e. The largest absolute Gasteiger partial charge is 0.358 e. The van der Waals surface area contributed by atoms with E-state index in [2.05, 4.69) is 15.4 Å². The van der Waals surface area contributed by atoms with Crippen LogP contribution in [0.15, 0.2) is 24.3 Å². The number of carbonyl (C=O) groups is 1. The molecule has 116 valence electrons. The van der Waals surface area contributed by atoms with Crippen LogP contribution in [0.2, 0.25) is 5.02 Å². The van der Waals surface area contributed by atoms with E-state index < -0.39 is 6.10 Å². The van der Waals surface area contributed by atoms with Crippen molar-refractivity contribution in [3.05, 3.63) is 46.5 Å². The van der Waals surface area contributed by atoms with Gasteiger partial charge in [-0.25, -0.2) is 9.67 Å². The Morgan fingerprint density at radius 3 is 2.95 bits per heavy atom. The Morgan fingerprint density at radius 2 is 2.23 bits per heavy atom. The van der Waals surface area contributed by atoms with Crippen LogP contribution in [0, 0.1) is 6.92 Å². The van der Waals surface area contributed by atoms with Crippen LogP contribution in [0.25, 0.3) is 0 Å². The molecule has 0 unspecified atom stereocenters. The molecule has 0 radical (unpaired) electrons. The van der Waals surface area contributed by atoms with Crippen molar-refractivity contribution >= 4 is 17.5 Å². The summed E-state index contributed by atoms with van der Waals surface area (Å²) in [5, 5.41) is 7.89. The highest BCUT2D eigenvalue weighted by atomic mass is 35.5. The number of hydrogen-bond donors (Lipinski definition) is 1. The number of morpholine rings is 1. The van der Waals surface area contributed by atoms with Gasteiger partial charge in [-0.1, -0.05) is 29.8 Å². The van der Waals surface area contributed by atoms with Gasteiger partial charge in [0.25, 0.3) is 0 Å². The molecule has 1 aliphatic heterocycles. The van der Waals surface area contributed by atoms with Gasteiger partial charge < -0.3 is 10.1 Å². The second kappa shape index (κ2) is 6.06. The van der Waals surface area contributed by atoms with Gasteiger partial charge in [-0.3, -0.25) is 4.79 Å². The number of nitrogens with one attached hydrogen (secondary N) is 1. The van der Waals surface area contributed by atoms with Crippen molar-refractivity contribution < 1.29 is 9.53 Å². The molecule has 6 nitrogen and oxygen atoms in total. The van der Waals surface area contributed by atoms with E-state index in [0.717, 1.165) is 5.56 Å². The first kappa shape index (κ1) is 15.0. The molecule has 2 heterocycles. The fourth-order valence-corrected chi connectivity index (χ4v) is 2.91. The molecule has 1 amide bonds. The topological polar surface area (TPSA) is 69.0 Å². The normalized spacial score (nSPS) is 21.7. The highest BCUT2D eigenvalue weighted by Crippen LogP contribution is 2.36. The van der Waals surface area contributed by atoms with Crippen molar-refractivity contribution in [1.82, 2.24) is 20.1 Å². The zero-order valence-electron chi connectivity index (χ0n) is 12.4. The molecular weight excluding hydrogens is 304 g/mol. The summed E-state index contributed by atoms with van der Waals surface area (Å²) >= 11 is 6.29. The van der Waals surface area contributed by atoms with Gasteiger partial charge in [-0.15, -0.1) is 0 Å². The van der Waals surface area contributed by atoms with Crippen molar-refractivity contribution in [2.75, 3.05) is 6.61 Å². The van der Waals surface area contributed by atoms with Gasteiger partial charge in [-0.05, 0) is 25.5 Å². The van der Waals surface area contributed by atoms with Crippen molar-refractivity contribution in [1.29, 1.82) is 0 Å². The lowest BCUT2D eigenvalue weighted by atomic mass is 9.99. The summed E-state index contributed by atoms with van der Waals surface area (Å²) in [6.45, 7) is 4.51. The van der Waals surface area contributed by atoms with Gasteiger partial charge in [0.2, 0.25) is 5.91 Å². The Bertz CT molecular complexity index is 701. The molecule has 1 aliphatic rings. The van der Waals surface area contributed by atoms with Gasteiger partial charge in [0.15, 0.2) is 5.82 Å². The predicted octanol–water partition coefficient (Wildman–Crippen LogP) is 2.19. The minimum absolute atomic E-state index is 0.00123. The molecule has 1 aromatic heterocycles. The molecule has 0 spiro atoms. The molecule has 7 heteroatoms. The van der Waals surface area contributed by atoms with Crippen molar-refractivity contribution in [3.63, 3.8) is 0 Å². The van der Waals surface area contributed by atoms with Gasteiger partial charge in [0, 0.05) is 11.6 Å². The number of ether oxygens (including phenoxy) is 1. The first-order valence-corrected chi connectivity index (χ1v) is 7.54. The quantitative estimate of drug-likeness (QED) is 0.941. The molecule has 1 saturated heterocycles. The number of carbonyl (C=O) groups excluding carboxylic acids is 1. The van der Waals surface area contributed by atoms with Crippen LogP contribution in [-0.4, -0.2) is 27.3 Å². The molecule has 1 N–H and O–H groups in total. The number of benzene rings is 1. The van der Waals surface area contributed by atoms with E-state index in [4.69, 9.17) is 16.3 Å². The van der Waals surface area contributed by atoms with E-state index in [1.165, 1.54) is 0 Å². The SMILES string of the molecule is CCn1nc(C)nc1[C@H]1OCC(=O)N[C@@H]1c1ccccc1Cl. The molecular formula is C15H17ClN4O2. The highest BCUT2D eigenvalue weighted by Gasteiger charge is 2.36. The maximum atomic E-state index is 11.8. The third-order valence-electron chi connectivity index (χ3n) is 3.61. The zero-order valence-corrected chi connectivity index (χ0v) is 13.2. The summed E-state index contributed by atoms with van der Waals surface area (Å²) in [7, 11) is 0. The molecule has 3 rings (SSSR count). The van der Waals surface area contributed by atoms with Gasteiger partial charge in [-0.2, -0.15) is 5.10 Å². The highest BCUT2D eigenvalue weighted by molar-refractivity contribution is 6.31. The van der Waals surface area contributed by atoms with Gasteiger partial charge in [0.1, 0.15) is 18.5 Å². The number of aromatic nitrogens is 3.